The lowest BCUT2D eigenvalue weighted by molar-refractivity contribution is 0.269. The topological polar surface area (TPSA) is 88.1 Å². The van der Waals surface area contributed by atoms with Gasteiger partial charge in [-0.25, -0.2) is 4.98 Å². The van der Waals surface area contributed by atoms with E-state index in [0.29, 0.717) is 61.2 Å². The van der Waals surface area contributed by atoms with Crippen LogP contribution >= 0.6 is 27.5 Å². The number of fused-ring (bicyclic) bond motifs is 2. The Hall–Kier alpha value is -4.60. The molecule has 0 saturated heterocycles. The molecule has 0 N–H and O–H groups in total. The molecule has 0 fully saturated rings. The van der Waals surface area contributed by atoms with Gasteiger partial charge in [-0.05, 0) is 71.4 Å². The van der Waals surface area contributed by atoms with Crippen molar-refractivity contribution in [3.8, 4) is 28.8 Å². The molecule has 216 valence electrons. The van der Waals surface area contributed by atoms with Crippen LogP contribution in [0, 0.1) is 0 Å². The van der Waals surface area contributed by atoms with E-state index in [4.69, 9.17) is 35.2 Å². The maximum Gasteiger partial charge on any atom is 0.282 e. The highest BCUT2D eigenvalue weighted by Crippen LogP contribution is 2.35. The van der Waals surface area contributed by atoms with E-state index in [9.17, 15) is 4.79 Å². The molecule has 0 spiro atoms. The van der Waals surface area contributed by atoms with Gasteiger partial charge in [0.2, 0.25) is 5.82 Å². The first-order chi connectivity index (χ1) is 21.0. The molecule has 4 aromatic carbocycles. The Labute approximate surface area is 260 Å². The van der Waals surface area contributed by atoms with Crippen LogP contribution in [0.25, 0.3) is 33.5 Å². The van der Waals surface area contributed by atoms with Gasteiger partial charge >= 0.3 is 0 Å². The van der Waals surface area contributed by atoms with Crippen LogP contribution in [0.4, 0.5) is 0 Å². The third-order valence-corrected chi connectivity index (χ3v) is 7.79. The molecule has 2 aromatic heterocycles. The fourth-order valence-electron chi connectivity index (χ4n) is 4.63. The number of para-hydroxylation sites is 1. The summed E-state index contributed by atoms with van der Waals surface area (Å²) in [6, 6.07) is 25.5. The van der Waals surface area contributed by atoms with Crippen molar-refractivity contribution in [2.24, 2.45) is 5.10 Å². The Bertz CT molecular complexity index is 2050. The van der Waals surface area contributed by atoms with E-state index in [2.05, 4.69) is 21.0 Å². The maximum atomic E-state index is 13.7. The second-order valence-corrected chi connectivity index (χ2v) is 10.7. The molecule has 0 aliphatic heterocycles. The number of rotatable bonds is 9. The van der Waals surface area contributed by atoms with Crippen LogP contribution in [-0.2, 0) is 6.61 Å². The number of hydrogen-bond acceptors (Lipinski definition) is 7. The van der Waals surface area contributed by atoms with E-state index in [1.807, 2.05) is 55.5 Å². The monoisotopic (exact) mass is 657 g/mol. The van der Waals surface area contributed by atoms with Crippen LogP contribution in [0.5, 0.6) is 17.2 Å². The molecule has 2 heterocycles. The molecular weight excluding hydrogens is 634 g/mol. The largest absolute Gasteiger partial charge is 0.496 e. The van der Waals surface area contributed by atoms with E-state index < -0.39 is 0 Å². The zero-order chi connectivity index (χ0) is 29.9. The molecule has 0 radical (unpaired) electrons. The van der Waals surface area contributed by atoms with E-state index in [-0.39, 0.29) is 18.0 Å². The maximum absolute atomic E-state index is 13.7. The normalized spacial score (nSPS) is 11.4. The lowest BCUT2D eigenvalue weighted by Crippen LogP contribution is -2.20. The first-order valence-corrected chi connectivity index (χ1v) is 14.6. The quantitative estimate of drug-likeness (QED) is 0.146. The molecule has 10 heteroatoms. The van der Waals surface area contributed by atoms with Crippen LogP contribution in [0.2, 0.25) is 5.02 Å². The van der Waals surface area contributed by atoms with Gasteiger partial charge in [-0.3, -0.25) is 4.79 Å². The average Bonchev–Trinajstić information content (AvgIpc) is 3.46. The molecule has 0 aliphatic rings. The smallest absolute Gasteiger partial charge is 0.282 e. The summed E-state index contributed by atoms with van der Waals surface area (Å²) in [5, 5.41) is 6.40. The van der Waals surface area contributed by atoms with Crippen molar-refractivity contribution < 1.29 is 18.6 Å². The Morgan fingerprint density at radius 3 is 2.56 bits per heavy atom. The van der Waals surface area contributed by atoms with Gasteiger partial charge in [-0.15, -0.1) is 0 Å². The summed E-state index contributed by atoms with van der Waals surface area (Å²) in [5.74, 6) is 2.32. The predicted octanol–water partition coefficient (Wildman–Crippen LogP) is 8.09. The summed E-state index contributed by atoms with van der Waals surface area (Å²) in [6.45, 7) is 2.58. The molecular formula is C33H25BrClN3O5. The van der Waals surface area contributed by atoms with Gasteiger partial charge in [0.15, 0.2) is 17.3 Å². The summed E-state index contributed by atoms with van der Waals surface area (Å²) < 4.78 is 25.5. The van der Waals surface area contributed by atoms with Crippen molar-refractivity contribution >= 4 is 55.6 Å². The van der Waals surface area contributed by atoms with Gasteiger partial charge in [-0.2, -0.15) is 9.78 Å². The molecule has 6 aromatic rings. The number of ether oxygens (including phenoxy) is 3. The highest BCUT2D eigenvalue weighted by Gasteiger charge is 2.18. The third kappa shape index (κ3) is 5.74. The van der Waals surface area contributed by atoms with E-state index in [0.717, 1.165) is 10.9 Å². The molecule has 8 nitrogen and oxygen atoms in total. The highest BCUT2D eigenvalue weighted by atomic mass is 79.9. The second kappa shape index (κ2) is 12.3. The number of nitrogens with zero attached hydrogens (tertiary/aromatic N) is 3. The van der Waals surface area contributed by atoms with Crippen LogP contribution in [0.3, 0.4) is 0 Å². The van der Waals surface area contributed by atoms with Crippen molar-refractivity contribution in [3.05, 3.63) is 116 Å². The van der Waals surface area contributed by atoms with Gasteiger partial charge < -0.3 is 18.6 Å². The van der Waals surface area contributed by atoms with E-state index in [1.54, 1.807) is 49.7 Å². The standard InChI is InChI=1S/C33H25BrClN3O5/c1-3-41-29-15-21(24(34)17-30(29)42-19-20-9-4-6-11-25(20)35)18-36-38-32(37-26-12-7-5-10-22(26)33(38)39)31-16-23-27(40-2)13-8-14-28(23)43-31/h4-18H,3,19H2,1-2H3. The Kier molecular flexibility index (Phi) is 8.18. The SMILES string of the molecule is CCOc1cc(C=Nn2c(-c3cc4c(OC)cccc4o3)nc3ccccc3c2=O)c(Br)cc1OCc1ccccc1Cl. The molecule has 43 heavy (non-hydrogen) atoms. The van der Waals surface area contributed by atoms with Crippen LogP contribution in [0.15, 0.2) is 104 Å². The summed E-state index contributed by atoms with van der Waals surface area (Å²) in [7, 11) is 1.59. The van der Waals surface area contributed by atoms with Crippen molar-refractivity contribution in [1.29, 1.82) is 0 Å². The number of methoxy groups -OCH3 is 1. The molecule has 0 amide bonds. The van der Waals surface area contributed by atoms with E-state index >= 15 is 0 Å². The van der Waals surface area contributed by atoms with Crippen molar-refractivity contribution in [1.82, 2.24) is 9.66 Å². The molecule has 0 aliphatic carbocycles. The fourth-order valence-corrected chi connectivity index (χ4v) is 5.25. The minimum absolute atomic E-state index is 0.249. The molecule has 0 unspecified atom stereocenters. The number of furan rings is 1. The summed E-state index contributed by atoms with van der Waals surface area (Å²) >= 11 is 9.93. The summed E-state index contributed by atoms with van der Waals surface area (Å²) in [5.41, 5.74) is 2.30. The van der Waals surface area contributed by atoms with Gasteiger partial charge in [0.1, 0.15) is 17.9 Å². The van der Waals surface area contributed by atoms with Crippen molar-refractivity contribution in [3.63, 3.8) is 0 Å². The number of aromatic nitrogens is 2. The second-order valence-electron chi connectivity index (χ2n) is 9.43. The van der Waals surface area contributed by atoms with E-state index in [1.165, 1.54) is 4.68 Å². The number of halogens is 2. The minimum atomic E-state index is -0.342. The molecule has 6 rings (SSSR count). The Balaban J connectivity index is 1.42. The highest BCUT2D eigenvalue weighted by molar-refractivity contribution is 9.10. The number of hydrogen-bond donors (Lipinski definition) is 0. The average molecular weight is 659 g/mol. The van der Waals surface area contributed by atoms with Gasteiger partial charge in [0.25, 0.3) is 5.56 Å². The van der Waals surface area contributed by atoms with Crippen LogP contribution in [0.1, 0.15) is 18.1 Å². The van der Waals surface area contributed by atoms with Crippen LogP contribution < -0.4 is 19.8 Å². The van der Waals surface area contributed by atoms with Crippen molar-refractivity contribution in [2.75, 3.05) is 13.7 Å². The fraction of sp³-hybridized carbons (Fsp3) is 0.121. The predicted molar refractivity (Wildman–Crippen MR) is 172 cm³/mol. The van der Waals surface area contributed by atoms with Gasteiger partial charge in [0.05, 0.1) is 36.2 Å². The van der Waals surface area contributed by atoms with Gasteiger partial charge in [-0.1, -0.05) is 48.0 Å². The zero-order valence-corrected chi connectivity index (χ0v) is 25.6. The minimum Gasteiger partial charge on any atom is -0.496 e. The Morgan fingerprint density at radius 1 is 0.953 bits per heavy atom. The van der Waals surface area contributed by atoms with Crippen LogP contribution in [-0.4, -0.2) is 29.6 Å². The first kappa shape index (κ1) is 28.5. The lowest BCUT2D eigenvalue weighted by atomic mass is 10.2. The zero-order valence-electron chi connectivity index (χ0n) is 23.2. The van der Waals surface area contributed by atoms with Crippen molar-refractivity contribution in [2.45, 2.75) is 13.5 Å². The molecule has 0 atom stereocenters. The van der Waals surface area contributed by atoms with Gasteiger partial charge in [0, 0.05) is 20.6 Å². The summed E-state index contributed by atoms with van der Waals surface area (Å²) in [6.07, 6.45) is 1.56. The Morgan fingerprint density at radius 2 is 1.74 bits per heavy atom. The molecule has 0 bridgehead atoms. The summed E-state index contributed by atoms with van der Waals surface area (Å²) in [4.78, 5) is 18.5. The lowest BCUT2D eigenvalue weighted by Gasteiger charge is -2.14. The number of benzene rings is 4. The first-order valence-electron chi connectivity index (χ1n) is 13.4. The molecule has 0 saturated carbocycles. The third-order valence-electron chi connectivity index (χ3n) is 6.73.